The second kappa shape index (κ2) is 7.85. The Morgan fingerprint density at radius 3 is 2.52 bits per heavy atom. The van der Waals surface area contributed by atoms with E-state index in [1.54, 1.807) is 0 Å². The minimum absolute atomic E-state index is 0.0884. The topological polar surface area (TPSA) is 72.7 Å². The molecule has 23 heavy (non-hydrogen) atoms. The third kappa shape index (κ3) is 4.87. The van der Waals surface area contributed by atoms with E-state index in [4.69, 9.17) is 0 Å². The molecule has 0 saturated heterocycles. The van der Waals surface area contributed by atoms with Crippen molar-refractivity contribution in [3.63, 3.8) is 0 Å². The zero-order chi connectivity index (χ0) is 16.8. The molecule has 6 heteroatoms. The fourth-order valence-corrected chi connectivity index (χ4v) is 2.40. The van der Waals surface area contributed by atoms with Gasteiger partial charge in [-0.25, -0.2) is 0 Å². The van der Waals surface area contributed by atoms with Crippen LogP contribution in [-0.2, 0) is 11.3 Å². The first-order valence-corrected chi connectivity index (χ1v) is 8.17. The van der Waals surface area contributed by atoms with E-state index in [0.717, 1.165) is 18.4 Å². The van der Waals surface area contributed by atoms with Gasteiger partial charge in [-0.2, -0.15) is 4.80 Å². The van der Waals surface area contributed by atoms with E-state index in [1.807, 2.05) is 19.1 Å². The summed E-state index contributed by atoms with van der Waals surface area (Å²) in [5.41, 5.74) is 2.17. The average Bonchev–Trinajstić information content (AvgIpc) is 2.95. The molecule has 0 aliphatic heterocycles. The van der Waals surface area contributed by atoms with Gasteiger partial charge < -0.3 is 5.32 Å². The third-order valence-electron chi connectivity index (χ3n) is 3.70. The molecule has 6 nitrogen and oxygen atoms in total. The molecule has 2 rings (SSSR count). The van der Waals surface area contributed by atoms with Crippen molar-refractivity contribution in [3.8, 4) is 11.4 Å². The van der Waals surface area contributed by atoms with Crippen molar-refractivity contribution in [2.75, 3.05) is 0 Å². The van der Waals surface area contributed by atoms with E-state index in [-0.39, 0.29) is 18.5 Å². The minimum Gasteiger partial charge on any atom is -0.352 e. The van der Waals surface area contributed by atoms with Crippen LogP contribution in [0.2, 0.25) is 0 Å². The number of hydrogen-bond donors (Lipinski definition) is 1. The summed E-state index contributed by atoms with van der Waals surface area (Å²) in [4.78, 5) is 13.3. The summed E-state index contributed by atoms with van der Waals surface area (Å²) < 4.78 is 0. The minimum atomic E-state index is -0.0925. The van der Waals surface area contributed by atoms with Crippen LogP contribution in [0, 0.1) is 0 Å². The molecule has 1 N–H and O–H groups in total. The molecule has 0 spiro atoms. The zero-order valence-electron chi connectivity index (χ0n) is 14.3. The maximum Gasteiger partial charge on any atom is 0.243 e. The van der Waals surface area contributed by atoms with Crippen LogP contribution in [0.25, 0.3) is 11.4 Å². The highest BCUT2D eigenvalue weighted by Crippen LogP contribution is 2.19. The Morgan fingerprint density at radius 1 is 1.22 bits per heavy atom. The monoisotopic (exact) mass is 315 g/mol. The number of nitrogens with zero attached hydrogens (tertiary/aromatic N) is 4. The number of benzene rings is 1. The summed E-state index contributed by atoms with van der Waals surface area (Å²) in [7, 11) is 0. The van der Waals surface area contributed by atoms with Gasteiger partial charge in [-0.3, -0.25) is 4.79 Å². The van der Waals surface area contributed by atoms with Crippen molar-refractivity contribution in [2.45, 2.75) is 59.0 Å². The highest BCUT2D eigenvalue weighted by Gasteiger charge is 2.11. The van der Waals surface area contributed by atoms with E-state index >= 15 is 0 Å². The fraction of sp³-hybridized carbons (Fsp3) is 0.529. The van der Waals surface area contributed by atoms with Crippen LogP contribution in [-0.4, -0.2) is 32.2 Å². The summed E-state index contributed by atoms with van der Waals surface area (Å²) in [6, 6.07) is 8.28. The van der Waals surface area contributed by atoms with Gasteiger partial charge in [0, 0.05) is 11.6 Å². The molecule has 0 saturated carbocycles. The van der Waals surface area contributed by atoms with Crippen molar-refractivity contribution >= 4 is 5.91 Å². The predicted molar refractivity (Wildman–Crippen MR) is 89.9 cm³/mol. The summed E-state index contributed by atoms with van der Waals surface area (Å²) >= 11 is 0. The van der Waals surface area contributed by atoms with Gasteiger partial charge in [0.25, 0.3) is 0 Å². The van der Waals surface area contributed by atoms with Gasteiger partial charge in [-0.1, -0.05) is 51.5 Å². The molecule has 0 unspecified atom stereocenters. The lowest BCUT2D eigenvalue weighted by Gasteiger charge is -2.11. The molecule has 0 bridgehead atoms. The number of aromatic nitrogens is 4. The van der Waals surface area contributed by atoms with Crippen LogP contribution in [0.5, 0.6) is 0 Å². The van der Waals surface area contributed by atoms with Crippen molar-refractivity contribution in [2.24, 2.45) is 0 Å². The van der Waals surface area contributed by atoms with Gasteiger partial charge in [-0.15, -0.1) is 10.2 Å². The Kier molecular flexibility index (Phi) is 5.84. The Hall–Kier alpha value is -2.24. The van der Waals surface area contributed by atoms with Gasteiger partial charge in [0.1, 0.15) is 6.54 Å². The van der Waals surface area contributed by atoms with E-state index in [9.17, 15) is 4.79 Å². The summed E-state index contributed by atoms with van der Waals surface area (Å²) in [6.45, 7) is 8.49. The normalized spacial score (nSPS) is 12.4. The first-order valence-electron chi connectivity index (χ1n) is 8.17. The lowest BCUT2D eigenvalue weighted by Crippen LogP contribution is -2.35. The number of carbonyl (C=O) groups excluding carboxylic acids is 1. The second-order valence-electron chi connectivity index (χ2n) is 6.18. The van der Waals surface area contributed by atoms with Crippen LogP contribution in [0.15, 0.2) is 24.3 Å². The first kappa shape index (κ1) is 17.1. The van der Waals surface area contributed by atoms with Gasteiger partial charge in [0.05, 0.1) is 0 Å². The largest absolute Gasteiger partial charge is 0.352 e. The maximum atomic E-state index is 11.9. The number of tetrazole rings is 1. The van der Waals surface area contributed by atoms with Gasteiger partial charge in [0.15, 0.2) is 0 Å². The third-order valence-corrected chi connectivity index (χ3v) is 3.70. The van der Waals surface area contributed by atoms with Crippen LogP contribution in [0.4, 0.5) is 0 Å². The Bertz CT molecular complexity index is 633. The second-order valence-corrected chi connectivity index (χ2v) is 6.18. The average molecular weight is 315 g/mol. The van der Waals surface area contributed by atoms with E-state index in [1.165, 1.54) is 10.4 Å². The van der Waals surface area contributed by atoms with Crippen molar-refractivity contribution in [1.82, 2.24) is 25.5 Å². The zero-order valence-corrected chi connectivity index (χ0v) is 14.3. The summed E-state index contributed by atoms with van der Waals surface area (Å²) in [5, 5.41) is 15.2. The van der Waals surface area contributed by atoms with E-state index in [0.29, 0.717) is 11.7 Å². The van der Waals surface area contributed by atoms with Crippen LogP contribution in [0.1, 0.15) is 52.0 Å². The predicted octanol–water partition coefficient (Wildman–Crippen LogP) is 2.77. The van der Waals surface area contributed by atoms with Crippen LogP contribution >= 0.6 is 0 Å². The molecule has 1 aromatic carbocycles. The molecule has 124 valence electrons. The Balaban J connectivity index is 1.98. The van der Waals surface area contributed by atoms with Gasteiger partial charge in [-0.05, 0) is 30.0 Å². The molecule has 0 aliphatic carbocycles. The van der Waals surface area contributed by atoms with E-state index < -0.39 is 0 Å². The molecular weight excluding hydrogens is 290 g/mol. The molecule has 1 aromatic heterocycles. The molecule has 1 amide bonds. The smallest absolute Gasteiger partial charge is 0.243 e. The lowest BCUT2D eigenvalue weighted by atomic mass is 10.0. The SMILES string of the molecule is CCC[C@@H](C)NC(=O)Cn1nnc(-c2ccc(C(C)C)cc2)n1. The molecule has 2 aromatic rings. The molecule has 1 atom stereocenters. The van der Waals surface area contributed by atoms with Crippen LogP contribution < -0.4 is 5.32 Å². The number of amides is 1. The van der Waals surface area contributed by atoms with Gasteiger partial charge >= 0.3 is 0 Å². The Labute approximate surface area is 137 Å². The van der Waals surface area contributed by atoms with Crippen molar-refractivity contribution in [3.05, 3.63) is 29.8 Å². The summed E-state index contributed by atoms with van der Waals surface area (Å²) in [6.07, 6.45) is 2.00. The Morgan fingerprint density at radius 2 is 1.91 bits per heavy atom. The van der Waals surface area contributed by atoms with Crippen LogP contribution in [0.3, 0.4) is 0 Å². The molecule has 0 radical (unpaired) electrons. The van der Waals surface area contributed by atoms with Gasteiger partial charge in [0.2, 0.25) is 11.7 Å². The number of nitrogens with one attached hydrogen (secondary N) is 1. The number of hydrogen-bond acceptors (Lipinski definition) is 4. The number of carbonyl (C=O) groups is 1. The van der Waals surface area contributed by atoms with E-state index in [2.05, 4.69) is 53.6 Å². The summed E-state index contributed by atoms with van der Waals surface area (Å²) in [5.74, 6) is 0.932. The first-order chi connectivity index (χ1) is 11.0. The quantitative estimate of drug-likeness (QED) is 0.852. The van der Waals surface area contributed by atoms with Crippen molar-refractivity contribution < 1.29 is 4.79 Å². The molecule has 0 aliphatic rings. The molecule has 0 fully saturated rings. The lowest BCUT2D eigenvalue weighted by molar-refractivity contribution is -0.122. The van der Waals surface area contributed by atoms with Crippen molar-refractivity contribution in [1.29, 1.82) is 0 Å². The maximum absolute atomic E-state index is 11.9. The standard InChI is InChI=1S/C17H25N5O/c1-5-6-13(4)18-16(23)11-22-20-17(19-21-22)15-9-7-14(8-10-15)12(2)3/h7-10,12-13H,5-6,11H2,1-4H3,(H,18,23)/t13-/m1/s1. The molecule has 1 heterocycles. The number of rotatable bonds is 7. The highest BCUT2D eigenvalue weighted by molar-refractivity contribution is 5.75. The molecular formula is C17H25N5O. The highest BCUT2D eigenvalue weighted by atomic mass is 16.2. The fourth-order valence-electron chi connectivity index (χ4n) is 2.40.